The molecule has 0 atom stereocenters. The van der Waals surface area contributed by atoms with Crippen molar-refractivity contribution in [3.8, 4) is 17.6 Å². The first-order valence-electron chi connectivity index (χ1n) is 6.68. The van der Waals surface area contributed by atoms with Gasteiger partial charge in [-0.25, -0.2) is 0 Å². The lowest BCUT2D eigenvalue weighted by Gasteiger charge is -2.08. The van der Waals surface area contributed by atoms with Crippen LogP contribution in [0, 0.1) is 11.8 Å². The highest BCUT2D eigenvalue weighted by atomic mass is 35.5. The normalized spacial score (nSPS) is 9.70. The summed E-state index contributed by atoms with van der Waals surface area (Å²) in [5.41, 5.74) is 3.36. The zero-order valence-electron chi connectivity index (χ0n) is 11.5. The number of ether oxygens (including phenoxy) is 1. The number of benzene rings is 2. The van der Waals surface area contributed by atoms with Crippen LogP contribution in [-0.4, -0.2) is 5.88 Å². The predicted molar refractivity (Wildman–Crippen MR) is 84.2 cm³/mol. The molecule has 0 aliphatic carbocycles. The summed E-state index contributed by atoms with van der Waals surface area (Å²) < 4.78 is 5.85. The van der Waals surface area contributed by atoms with Crippen LogP contribution in [0.4, 0.5) is 0 Å². The van der Waals surface area contributed by atoms with Crippen LogP contribution < -0.4 is 4.74 Å². The lowest BCUT2D eigenvalue weighted by molar-refractivity contribution is 0.305. The average Bonchev–Trinajstić information content (AvgIpc) is 2.52. The second kappa shape index (κ2) is 7.62. The molecule has 1 nitrogen and oxygen atoms in total. The van der Waals surface area contributed by atoms with E-state index in [1.165, 1.54) is 5.56 Å². The van der Waals surface area contributed by atoms with E-state index in [1.54, 1.807) is 0 Å². The van der Waals surface area contributed by atoms with Gasteiger partial charge in [0.2, 0.25) is 0 Å². The van der Waals surface area contributed by atoms with Crippen LogP contribution in [-0.2, 0) is 13.0 Å². The highest BCUT2D eigenvalue weighted by molar-refractivity contribution is 6.19. The SMILES string of the molecule is CCc1ccc(COc2ccccc2C#CCCl)cc1. The first-order valence-corrected chi connectivity index (χ1v) is 7.21. The van der Waals surface area contributed by atoms with E-state index in [9.17, 15) is 0 Å². The summed E-state index contributed by atoms with van der Waals surface area (Å²) in [5.74, 6) is 6.99. The summed E-state index contributed by atoms with van der Waals surface area (Å²) >= 11 is 5.59. The van der Waals surface area contributed by atoms with E-state index in [-0.39, 0.29) is 0 Å². The van der Waals surface area contributed by atoms with E-state index >= 15 is 0 Å². The largest absolute Gasteiger partial charge is 0.488 e. The lowest BCUT2D eigenvalue weighted by Crippen LogP contribution is -1.97. The Bertz CT molecular complexity index is 605. The fraction of sp³-hybridized carbons (Fsp3) is 0.222. The minimum absolute atomic E-state index is 0.326. The minimum Gasteiger partial charge on any atom is -0.488 e. The van der Waals surface area contributed by atoms with Gasteiger partial charge in [-0.2, -0.15) is 0 Å². The van der Waals surface area contributed by atoms with E-state index < -0.39 is 0 Å². The fourth-order valence-electron chi connectivity index (χ4n) is 1.86. The standard InChI is InChI=1S/C18H17ClO/c1-2-15-9-11-16(12-10-15)14-20-18-8-4-3-6-17(18)7-5-13-19/h3-4,6,8-12H,2,13-14H2,1H3. The van der Waals surface area contributed by atoms with Crippen LogP contribution in [0.1, 0.15) is 23.6 Å². The third-order valence-electron chi connectivity index (χ3n) is 3.00. The van der Waals surface area contributed by atoms with Gasteiger partial charge in [0.05, 0.1) is 11.4 Å². The molecule has 0 spiro atoms. The summed E-state index contributed by atoms with van der Waals surface area (Å²) in [7, 11) is 0. The maximum atomic E-state index is 5.85. The van der Waals surface area contributed by atoms with Crippen LogP contribution in [0.3, 0.4) is 0 Å². The molecule has 0 radical (unpaired) electrons. The Morgan fingerprint density at radius 1 is 1.00 bits per heavy atom. The van der Waals surface area contributed by atoms with E-state index in [0.29, 0.717) is 12.5 Å². The molecule has 0 N–H and O–H groups in total. The summed E-state index contributed by atoms with van der Waals surface area (Å²) in [6, 6.07) is 16.2. The number of rotatable bonds is 4. The Balaban J connectivity index is 2.06. The van der Waals surface area contributed by atoms with Gasteiger partial charge in [-0.1, -0.05) is 55.2 Å². The van der Waals surface area contributed by atoms with Crippen LogP contribution >= 0.6 is 11.6 Å². The quantitative estimate of drug-likeness (QED) is 0.596. The van der Waals surface area contributed by atoms with Gasteiger partial charge in [0.1, 0.15) is 12.4 Å². The zero-order valence-corrected chi connectivity index (χ0v) is 12.3. The van der Waals surface area contributed by atoms with Crippen molar-refractivity contribution in [3.63, 3.8) is 0 Å². The number of para-hydroxylation sites is 1. The molecule has 0 aromatic heterocycles. The predicted octanol–water partition coefficient (Wildman–Crippen LogP) is 4.42. The Hall–Kier alpha value is -1.91. The third-order valence-corrected chi connectivity index (χ3v) is 3.14. The molecule has 0 bridgehead atoms. The van der Waals surface area contributed by atoms with E-state index in [0.717, 1.165) is 23.3 Å². The number of halogens is 1. The molecule has 0 heterocycles. The fourth-order valence-corrected chi connectivity index (χ4v) is 1.92. The molecule has 0 saturated heterocycles. The highest BCUT2D eigenvalue weighted by Gasteiger charge is 2.01. The second-order valence-corrected chi connectivity index (χ2v) is 4.66. The number of aryl methyl sites for hydroxylation is 1. The number of alkyl halides is 1. The molecule has 0 unspecified atom stereocenters. The van der Waals surface area contributed by atoms with Crippen LogP contribution in [0.15, 0.2) is 48.5 Å². The number of hydrogen-bond acceptors (Lipinski definition) is 1. The van der Waals surface area contributed by atoms with Crippen molar-refractivity contribution in [2.45, 2.75) is 20.0 Å². The maximum Gasteiger partial charge on any atom is 0.135 e. The highest BCUT2D eigenvalue weighted by Crippen LogP contribution is 2.18. The van der Waals surface area contributed by atoms with Crippen molar-refractivity contribution in [3.05, 3.63) is 65.2 Å². The van der Waals surface area contributed by atoms with Crippen molar-refractivity contribution in [2.75, 3.05) is 5.88 Å². The van der Waals surface area contributed by atoms with Crippen LogP contribution in [0.2, 0.25) is 0 Å². The Kier molecular flexibility index (Phi) is 5.53. The van der Waals surface area contributed by atoms with E-state index in [2.05, 4.69) is 43.0 Å². The van der Waals surface area contributed by atoms with Gasteiger partial charge in [0.15, 0.2) is 0 Å². The molecule has 2 aromatic carbocycles. The molecule has 2 aromatic rings. The van der Waals surface area contributed by atoms with E-state index in [4.69, 9.17) is 16.3 Å². The molecule has 2 heteroatoms. The molecule has 2 rings (SSSR count). The Morgan fingerprint density at radius 2 is 1.70 bits per heavy atom. The molecule has 20 heavy (non-hydrogen) atoms. The molecule has 102 valence electrons. The van der Waals surface area contributed by atoms with Crippen molar-refractivity contribution < 1.29 is 4.74 Å². The topological polar surface area (TPSA) is 9.23 Å². The van der Waals surface area contributed by atoms with Gasteiger partial charge < -0.3 is 4.74 Å². The summed E-state index contributed by atoms with van der Waals surface area (Å²) in [6.07, 6.45) is 1.05. The number of hydrogen-bond donors (Lipinski definition) is 0. The van der Waals surface area contributed by atoms with Crippen LogP contribution in [0.5, 0.6) is 5.75 Å². The summed E-state index contributed by atoms with van der Waals surface area (Å²) in [6.45, 7) is 2.70. The maximum absolute atomic E-state index is 5.85. The lowest BCUT2D eigenvalue weighted by atomic mass is 10.1. The first kappa shape index (κ1) is 14.5. The summed E-state index contributed by atoms with van der Waals surface area (Å²) in [5, 5.41) is 0. The van der Waals surface area contributed by atoms with Gasteiger partial charge in [0, 0.05) is 0 Å². The molecule has 0 amide bonds. The van der Waals surface area contributed by atoms with Crippen molar-refractivity contribution in [1.29, 1.82) is 0 Å². The monoisotopic (exact) mass is 284 g/mol. The van der Waals surface area contributed by atoms with Gasteiger partial charge >= 0.3 is 0 Å². The summed E-state index contributed by atoms with van der Waals surface area (Å²) in [4.78, 5) is 0. The minimum atomic E-state index is 0.326. The average molecular weight is 285 g/mol. The molecule has 0 saturated carbocycles. The smallest absolute Gasteiger partial charge is 0.135 e. The first-order chi connectivity index (χ1) is 9.83. The van der Waals surface area contributed by atoms with Crippen molar-refractivity contribution in [2.24, 2.45) is 0 Å². The van der Waals surface area contributed by atoms with Gasteiger partial charge in [-0.05, 0) is 29.7 Å². The second-order valence-electron chi connectivity index (χ2n) is 4.39. The Labute approximate surface area is 125 Å². The van der Waals surface area contributed by atoms with Gasteiger partial charge in [-0.3, -0.25) is 0 Å². The molecular formula is C18H17ClO. The van der Waals surface area contributed by atoms with Gasteiger partial charge in [-0.15, -0.1) is 11.6 Å². The molecule has 0 fully saturated rings. The van der Waals surface area contributed by atoms with Crippen molar-refractivity contribution >= 4 is 11.6 Å². The Morgan fingerprint density at radius 3 is 2.40 bits per heavy atom. The van der Waals surface area contributed by atoms with Gasteiger partial charge in [0.25, 0.3) is 0 Å². The van der Waals surface area contributed by atoms with Crippen molar-refractivity contribution in [1.82, 2.24) is 0 Å². The zero-order chi connectivity index (χ0) is 14.2. The molecule has 0 aliphatic heterocycles. The third kappa shape index (κ3) is 4.05. The van der Waals surface area contributed by atoms with E-state index in [1.807, 2.05) is 24.3 Å². The molecule has 0 aliphatic rings. The van der Waals surface area contributed by atoms with Crippen LogP contribution in [0.25, 0.3) is 0 Å². The molecular weight excluding hydrogens is 268 g/mol.